The number of Topliss-reactive ketones (excluding diaryl/α,β-unsaturated/α-hetero) is 1. The summed E-state index contributed by atoms with van der Waals surface area (Å²) in [6, 6.07) is 27.7. The van der Waals surface area contributed by atoms with Crippen LogP contribution in [0.4, 0.5) is 0 Å². The van der Waals surface area contributed by atoms with Gasteiger partial charge in [-0.2, -0.15) is 0 Å². The number of hydrogen-bond donors (Lipinski definition) is 0. The topological polar surface area (TPSA) is 56.3 Å². The highest BCUT2D eigenvalue weighted by molar-refractivity contribution is 5.80. The lowest BCUT2D eigenvalue weighted by atomic mass is 10.0. The van der Waals surface area contributed by atoms with E-state index in [1.54, 1.807) is 12.3 Å². The van der Waals surface area contributed by atoms with Crippen LogP contribution in [0.2, 0.25) is 0 Å². The summed E-state index contributed by atoms with van der Waals surface area (Å²) in [7, 11) is 0. The number of carbonyl (C=O) groups excluding carboxylic acids is 2. The number of aryl methyl sites for hydroxylation is 2. The lowest BCUT2D eigenvalue weighted by molar-refractivity contribution is -0.119. The van der Waals surface area contributed by atoms with Crippen LogP contribution in [0.1, 0.15) is 39.9 Å². The van der Waals surface area contributed by atoms with Crippen LogP contribution in [0.5, 0.6) is 5.75 Å². The van der Waals surface area contributed by atoms with E-state index in [1.807, 2.05) is 60.8 Å². The summed E-state index contributed by atoms with van der Waals surface area (Å²) in [5, 5.41) is 0. The monoisotopic (exact) mass is 463 g/mol. The molecule has 1 aromatic heterocycles. The van der Waals surface area contributed by atoms with E-state index < -0.39 is 0 Å². The molecule has 0 saturated heterocycles. The molecule has 4 aromatic rings. The molecule has 0 aliphatic carbocycles. The fourth-order valence-electron chi connectivity index (χ4n) is 4.00. The maximum atomic E-state index is 12.2. The zero-order chi connectivity index (χ0) is 24.3. The Morgan fingerprint density at radius 3 is 2.26 bits per heavy atom. The van der Waals surface area contributed by atoms with Gasteiger partial charge in [-0.25, -0.2) is 0 Å². The molecule has 0 fully saturated rings. The lowest BCUT2D eigenvalue weighted by Gasteiger charge is -2.12. The van der Waals surface area contributed by atoms with Gasteiger partial charge in [0.05, 0.1) is 6.61 Å². The molecule has 1 heterocycles. The Hall–Kier alpha value is -4.05. The normalized spacial score (nSPS) is 10.6. The maximum absolute atomic E-state index is 12.2. The molecular weight excluding hydrogens is 434 g/mol. The molecule has 0 unspecified atom stereocenters. The van der Waals surface area contributed by atoms with Crippen molar-refractivity contribution >= 4 is 12.1 Å². The van der Waals surface area contributed by atoms with E-state index in [-0.39, 0.29) is 5.78 Å². The number of aromatic nitrogens is 1. The molecule has 0 N–H and O–H groups in total. The number of hydrogen-bond acceptors (Lipinski definition) is 4. The number of aldehydes is 1. The zero-order valence-corrected chi connectivity index (χ0v) is 19.7. The van der Waals surface area contributed by atoms with Crippen molar-refractivity contribution in [2.45, 2.75) is 32.1 Å². The van der Waals surface area contributed by atoms with Gasteiger partial charge in [0.15, 0.2) is 0 Å². The summed E-state index contributed by atoms with van der Waals surface area (Å²) in [5.74, 6) is 1.08. The molecule has 0 saturated carbocycles. The number of para-hydroxylation sites is 1. The van der Waals surface area contributed by atoms with E-state index >= 15 is 0 Å². The van der Waals surface area contributed by atoms with Gasteiger partial charge in [-0.15, -0.1) is 0 Å². The van der Waals surface area contributed by atoms with Crippen LogP contribution in [-0.4, -0.2) is 23.7 Å². The van der Waals surface area contributed by atoms with Crippen molar-refractivity contribution in [3.05, 3.63) is 120 Å². The van der Waals surface area contributed by atoms with Gasteiger partial charge in [-0.1, -0.05) is 66.7 Å². The predicted molar refractivity (Wildman–Crippen MR) is 139 cm³/mol. The highest BCUT2D eigenvalue weighted by Crippen LogP contribution is 2.30. The second kappa shape index (κ2) is 12.4. The van der Waals surface area contributed by atoms with E-state index in [9.17, 15) is 9.59 Å². The number of rotatable bonds is 12. The molecule has 0 aliphatic heterocycles. The van der Waals surface area contributed by atoms with E-state index in [0.29, 0.717) is 25.0 Å². The number of ketones is 1. The Kier molecular flexibility index (Phi) is 8.55. The van der Waals surface area contributed by atoms with Crippen molar-refractivity contribution in [1.82, 2.24) is 4.98 Å². The SMILES string of the molecule is O=Cc1cccc(-c2ccccc2OCCc2ccc(CCC(=O)CCc3cccnc3)cc2)c1. The summed E-state index contributed by atoms with van der Waals surface area (Å²) in [4.78, 5) is 27.5. The molecule has 0 atom stereocenters. The van der Waals surface area contributed by atoms with E-state index in [0.717, 1.165) is 48.0 Å². The molecule has 4 nitrogen and oxygen atoms in total. The molecule has 0 spiro atoms. The maximum Gasteiger partial charge on any atom is 0.150 e. The molecular formula is C31H29NO3. The molecule has 4 heteroatoms. The van der Waals surface area contributed by atoms with Gasteiger partial charge in [0.2, 0.25) is 0 Å². The summed E-state index contributed by atoms with van der Waals surface area (Å²) in [5.41, 5.74) is 6.04. The minimum Gasteiger partial charge on any atom is -0.493 e. The first-order chi connectivity index (χ1) is 17.2. The van der Waals surface area contributed by atoms with Gasteiger partial charge in [0.1, 0.15) is 17.8 Å². The first kappa shape index (κ1) is 24.1. The molecule has 0 bridgehead atoms. The van der Waals surface area contributed by atoms with Crippen LogP contribution in [0.25, 0.3) is 11.1 Å². The molecule has 0 aliphatic rings. The van der Waals surface area contributed by atoms with Gasteiger partial charge in [0.25, 0.3) is 0 Å². The number of carbonyl (C=O) groups is 2. The second-order valence-electron chi connectivity index (χ2n) is 8.55. The second-order valence-corrected chi connectivity index (χ2v) is 8.55. The fraction of sp³-hybridized carbons (Fsp3) is 0.194. The molecule has 35 heavy (non-hydrogen) atoms. The third kappa shape index (κ3) is 7.21. The lowest BCUT2D eigenvalue weighted by Crippen LogP contribution is -2.04. The van der Waals surface area contributed by atoms with Crippen molar-refractivity contribution in [2.24, 2.45) is 0 Å². The Labute approximate surface area is 206 Å². The van der Waals surface area contributed by atoms with Crippen LogP contribution in [-0.2, 0) is 24.1 Å². The average Bonchev–Trinajstić information content (AvgIpc) is 2.92. The Morgan fingerprint density at radius 2 is 1.51 bits per heavy atom. The quantitative estimate of drug-likeness (QED) is 0.231. The van der Waals surface area contributed by atoms with Crippen LogP contribution < -0.4 is 4.74 Å². The fourth-order valence-corrected chi connectivity index (χ4v) is 4.00. The van der Waals surface area contributed by atoms with Gasteiger partial charge >= 0.3 is 0 Å². The van der Waals surface area contributed by atoms with Crippen LogP contribution in [0, 0.1) is 0 Å². The first-order valence-electron chi connectivity index (χ1n) is 12.0. The van der Waals surface area contributed by atoms with Gasteiger partial charge in [-0.05, 0) is 53.3 Å². The zero-order valence-electron chi connectivity index (χ0n) is 19.7. The van der Waals surface area contributed by atoms with Crippen molar-refractivity contribution in [3.63, 3.8) is 0 Å². The van der Waals surface area contributed by atoms with Gasteiger partial charge in [-0.3, -0.25) is 14.6 Å². The largest absolute Gasteiger partial charge is 0.493 e. The van der Waals surface area contributed by atoms with Gasteiger partial charge in [0, 0.05) is 42.8 Å². The Bertz CT molecular complexity index is 1250. The minimum absolute atomic E-state index is 0.281. The molecule has 3 aromatic carbocycles. The van der Waals surface area contributed by atoms with Crippen molar-refractivity contribution in [2.75, 3.05) is 6.61 Å². The van der Waals surface area contributed by atoms with Crippen LogP contribution in [0.15, 0.2) is 97.3 Å². The van der Waals surface area contributed by atoms with Crippen molar-refractivity contribution in [3.8, 4) is 16.9 Å². The van der Waals surface area contributed by atoms with Crippen molar-refractivity contribution in [1.29, 1.82) is 0 Å². The molecule has 0 radical (unpaired) electrons. The van der Waals surface area contributed by atoms with Gasteiger partial charge < -0.3 is 4.74 Å². The summed E-state index contributed by atoms with van der Waals surface area (Å²) < 4.78 is 6.10. The molecule has 0 amide bonds. The molecule has 4 rings (SSSR count). The van der Waals surface area contributed by atoms with Crippen LogP contribution in [0.3, 0.4) is 0 Å². The number of nitrogens with zero attached hydrogens (tertiary/aromatic N) is 1. The number of pyridine rings is 1. The van der Waals surface area contributed by atoms with Crippen molar-refractivity contribution < 1.29 is 14.3 Å². The number of benzene rings is 3. The predicted octanol–water partition coefficient (Wildman–Crippen LogP) is 6.32. The summed E-state index contributed by atoms with van der Waals surface area (Å²) in [6.07, 6.45) is 7.83. The van der Waals surface area contributed by atoms with E-state index in [4.69, 9.17) is 4.74 Å². The van der Waals surface area contributed by atoms with Crippen LogP contribution >= 0.6 is 0 Å². The third-order valence-corrected chi connectivity index (χ3v) is 6.00. The highest BCUT2D eigenvalue weighted by Gasteiger charge is 2.08. The summed E-state index contributed by atoms with van der Waals surface area (Å²) >= 11 is 0. The summed E-state index contributed by atoms with van der Waals surface area (Å²) in [6.45, 7) is 0.552. The third-order valence-electron chi connectivity index (χ3n) is 6.00. The smallest absolute Gasteiger partial charge is 0.150 e. The highest BCUT2D eigenvalue weighted by atomic mass is 16.5. The van der Waals surface area contributed by atoms with E-state index in [1.165, 1.54) is 11.1 Å². The standard InChI is InChI=1S/C31H29NO3/c33-23-27-5-3-7-28(21-27)30-8-1-2-9-31(30)35-20-18-25-12-10-24(11-13-25)14-16-29(34)17-15-26-6-4-19-32-22-26/h1-13,19,21-23H,14-18,20H2. The first-order valence-corrected chi connectivity index (χ1v) is 12.0. The molecule has 176 valence electrons. The minimum atomic E-state index is 0.281. The number of ether oxygens (including phenoxy) is 1. The van der Waals surface area contributed by atoms with E-state index in [2.05, 4.69) is 29.2 Å². The Morgan fingerprint density at radius 1 is 0.771 bits per heavy atom. The average molecular weight is 464 g/mol. The Balaban J connectivity index is 1.25.